The van der Waals surface area contributed by atoms with E-state index in [1.807, 2.05) is 0 Å². The fourth-order valence-corrected chi connectivity index (χ4v) is 1.65. The summed E-state index contributed by atoms with van der Waals surface area (Å²) < 4.78 is 15.3. The summed E-state index contributed by atoms with van der Waals surface area (Å²) in [6.07, 6.45) is 4.49. The van der Waals surface area contributed by atoms with Crippen molar-refractivity contribution in [2.45, 2.75) is 38.2 Å². The second-order valence-corrected chi connectivity index (χ2v) is 4.16. The Bertz CT molecular complexity index is 281. The molecular formula is C13H20O5. The zero-order valence-corrected chi connectivity index (χ0v) is 10.6. The summed E-state index contributed by atoms with van der Waals surface area (Å²) in [5.74, 6) is -0.641. The van der Waals surface area contributed by atoms with E-state index < -0.39 is 5.97 Å². The van der Waals surface area contributed by atoms with Crippen LogP contribution in [0.15, 0.2) is 12.7 Å². The SMILES string of the molecule is C=CC(=O)OCCCCC(=O)OC1CCCOC1. The number of carbonyl (C=O) groups is 2. The third-order valence-electron chi connectivity index (χ3n) is 2.60. The first-order valence-electron chi connectivity index (χ1n) is 6.29. The third kappa shape index (κ3) is 6.39. The van der Waals surface area contributed by atoms with E-state index in [9.17, 15) is 9.59 Å². The van der Waals surface area contributed by atoms with Crippen molar-refractivity contribution >= 4 is 11.9 Å². The number of unbranched alkanes of at least 4 members (excludes halogenated alkanes) is 1. The predicted octanol–water partition coefficient (Wildman–Crippen LogP) is 1.61. The summed E-state index contributed by atoms with van der Waals surface area (Å²) in [5.41, 5.74) is 0. The van der Waals surface area contributed by atoms with Crippen molar-refractivity contribution in [1.82, 2.24) is 0 Å². The molecule has 1 unspecified atom stereocenters. The molecule has 0 amide bonds. The van der Waals surface area contributed by atoms with Gasteiger partial charge in [0.2, 0.25) is 0 Å². The van der Waals surface area contributed by atoms with Gasteiger partial charge in [0.1, 0.15) is 6.10 Å². The summed E-state index contributed by atoms with van der Waals surface area (Å²) in [7, 11) is 0. The van der Waals surface area contributed by atoms with Crippen LogP contribution in [0.4, 0.5) is 0 Å². The highest BCUT2D eigenvalue weighted by Crippen LogP contribution is 2.11. The van der Waals surface area contributed by atoms with Crippen LogP contribution in [0.1, 0.15) is 32.1 Å². The molecule has 0 radical (unpaired) electrons. The first kappa shape index (κ1) is 14.7. The number of esters is 2. The fourth-order valence-electron chi connectivity index (χ4n) is 1.65. The van der Waals surface area contributed by atoms with Gasteiger partial charge in [0, 0.05) is 19.1 Å². The molecule has 1 heterocycles. The predicted molar refractivity (Wildman–Crippen MR) is 64.9 cm³/mol. The Hall–Kier alpha value is -1.36. The van der Waals surface area contributed by atoms with Crippen LogP contribution >= 0.6 is 0 Å². The first-order chi connectivity index (χ1) is 8.72. The van der Waals surface area contributed by atoms with Gasteiger partial charge in [0.15, 0.2) is 0 Å². The molecule has 0 aromatic heterocycles. The van der Waals surface area contributed by atoms with Gasteiger partial charge >= 0.3 is 11.9 Å². The molecule has 5 nitrogen and oxygen atoms in total. The molecule has 18 heavy (non-hydrogen) atoms. The van der Waals surface area contributed by atoms with Crippen LogP contribution in [0.25, 0.3) is 0 Å². The van der Waals surface area contributed by atoms with Crippen LogP contribution in [-0.2, 0) is 23.8 Å². The van der Waals surface area contributed by atoms with E-state index in [4.69, 9.17) is 14.2 Å². The normalized spacial score (nSPS) is 19.0. The van der Waals surface area contributed by atoms with Gasteiger partial charge < -0.3 is 14.2 Å². The zero-order valence-electron chi connectivity index (χ0n) is 10.6. The topological polar surface area (TPSA) is 61.8 Å². The average Bonchev–Trinajstić information content (AvgIpc) is 2.39. The quantitative estimate of drug-likeness (QED) is 0.393. The lowest BCUT2D eigenvalue weighted by Crippen LogP contribution is -2.27. The standard InChI is InChI=1S/C13H20O5/c1-2-12(14)17-9-4-3-7-13(15)18-11-6-5-8-16-10-11/h2,11H,1,3-10H2. The van der Waals surface area contributed by atoms with Crippen molar-refractivity contribution in [1.29, 1.82) is 0 Å². The molecule has 102 valence electrons. The summed E-state index contributed by atoms with van der Waals surface area (Å²) in [6, 6.07) is 0. The molecule has 0 N–H and O–H groups in total. The van der Waals surface area contributed by atoms with Crippen LogP contribution in [0.5, 0.6) is 0 Å². The molecule has 1 aliphatic rings. The van der Waals surface area contributed by atoms with Crippen molar-refractivity contribution in [3.8, 4) is 0 Å². The maximum Gasteiger partial charge on any atom is 0.330 e. The minimum absolute atomic E-state index is 0.0927. The number of carbonyl (C=O) groups excluding carboxylic acids is 2. The van der Waals surface area contributed by atoms with Gasteiger partial charge in [-0.05, 0) is 25.7 Å². The van der Waals surface area contributed by atoms with Crippen molar-refractivity contribution in [2.24, 2.45) is 0 Å². The van der Waals surface area contributed by atoms with Crippen molar-refractivity contribution < 1.29 is 23.8 Å². The summed E-state index contributed by atoms with van der Waals surface area (Å²) in [6.45, 7) is 4.86. The van der Waals surface area contributed by atoms with Crippen LogP contribution in [0, 0.1) is 0 Å². The van der Waals surface area contributed by atoms with Crippen LogP contribution in [0.3, 0.4) is 0 Å². The number of hydrogen-bond acceptors (Lipinski definition) is 5. The summed E-state index contributed by atoms with van der Waals surface area (Å²) in [5, 5.41) is 0. The van der Waals surface area contributed by atoms with Crippen molar-refractivity contribution in [3.63, 3.8) is 0 Å². The van der Waals surface area contributed by atoms with Crippen LogP contribution in [-0.4, -0.2) is 37.9 Å². The molecule has 1 fully saturated rings. The van der Waals surface area contributed by atoms with E-state index in [2.05, 4.69) is 6.58 Å². The number of rotatable bonds is 7. The smallest absolute Gasteiger partial charge is 0.330 e. The minimum atomic E-state index is -0.433. The van der Waals surface area contributed by atoms with E-state index in [0.717, 1.165) is 25.5 Å². The molecule has 1 saturated heterocycles. The van der Waals surface area contributed by atoms with Gasteiger partial charge in [-0.3, -0.25) is 4.79 Å². The molecule has 0 spiro atoms. The van der Waals surface area contributed by atoms with Gasteiger partial charge in [-0.1, -0.05) is 6.58 Å². The Kier molecular flexibility index (Phi) is 7.10. The largest absolute Gasteiger partial charge is 0.463 e. The monoisotopic (exact) mass is 256 g/mol. The molecule has 1 rings (SSSR count). The molecule has 0 aliphatic carbocycles. The minimum Gasteiger partial charge on any atom is -0.463 e. The second-order valence-electron chi connectivity index (χ2n) is 4.16. The van der Waals surface area contributed by atoms with Crippen LogP contribution in [0.2, 0.25) is 0 Å². The molecule has 0 aromatic rings. The second kappa shape index (κ2) is 8.69. The number of ether oxygens (including phenoxy) is 3. The molecule has 1 atom stereocenters. The van der Waals surface area contributed by atoms with Gasteiger partial charge in [0.25, 0.3) is 0 Å². The third-order valence-corrected chi connectivity index (χ3v) is 2.60. The van der Waals surface area contributed by atoms with Crippen LogP contribution < -0.4 is 0 Å². The van der Waals surface area contributed by atoms with E-state index in [1.165, 1.54) is 0 Å². The van der Waals surface area contributed by atoms with Gasteiger partial charge in [-0.15, -0.1) is 0 Å². The summed E-state index contributed by atoms with van der Waals surface area (Å²) >= 11 is 0. The Balaban J connectivity index is 1.99. The molecule has 0 aromatic carbocycles. The maximum atomic E-state index is 11.5. The number of hydrogen-bond donors (Lipinski definition) is 0. The molecular weight excluding hydrogens is 236 g/mol. The Morgan fingerprint density at radius 3 is 2.89 bits per heavy atom. The van der Waals surface area contributed by atoms with Gasteiger partial charge in [-0.2, -0.15) is 0 Å². The first-order valence-corrected chi connectivity index (χ1v) is 6.29. The van der Waals surface area contributed by atoms with Crippen molar-refractivity contribution in [2.75, 3.05) is 19.8 Å². The molecule has 1 aliphatic heterocycles. The lowest BCUT2D eigenvalue weighted by molar-refractivity contribution is -0.155. The lowest BCUT2D eigenvalue weighted by atomic mass is 10.2. The fraction of sp³-hybridized carbons (Fsp3) is 0.692. The Morgan fingerprint density at radius 2 is 2.22 bits per heavy atom. The van der Waals surface area contributed by atoms with E-state index >= 15 is 0 Å². The van der Waals surface area contributed by atoms with E-state index in [-0.39, 0.29) is 12.1 Å². The van der Waals surface area contributed by atoms with Gasteiger partial charge in [0.05, 0.1) is 13.2 Å². The highest BCUT2D eigenvalue weighted by Gasteiger charge is 2.17. The highest BCUT2D eigenvalue weighted by atomic mass is 16.6. The maximum absolute atomic E-state index is 11.5. The molecule has 0 saturated carbocycles. The molecule has 0 bridgehead atoms. The summed E-state index contributed by atoms with van der Waals surface area (Å²) in [4.78, 5) is 22.2. The van der Waals surface area contributed by atoms with E-state index in [1.54, 1.807) is 0 Å². The average molecular weight is 256 g/mol. The lowest BCUT2D eigenvalue weighted by Gasteiger charge is -2.22. The Labute approximate surface area is 107 Å². The highest BCUT2D eigenvalue weighted by molar-refractivity contribution is 5.81. The molecule has 5 heteroatoms. The van der Waals surface area contributed by atoms with E-state index in [0.29, 0.717) is 32.5 Å². The zero-order chi connectivity index (χ0) is 13.2. The van der Waals surface area contributed by atoms with Gasteiger partial charge in [-0.25, -0.2) is 4.79 Å². The van der Waals surface area contributed by atoms with Crippen molar-refractivity contribution in [3.05, 3.63) is 12.7 Å². The Morgan fingerprint density at radius 1 is 1.39 bits per heavy atom.